The van der Waals surface area contributed by atoms with Crippen LogP contribution in [0.15, 0.2) is 0 Å². The first-order chi connectivity index (χ1) is 11.3. The third kappa shape index (κ3) is 29.5. The molecule has 0 aromatic heterocycles. The number of carbonyl (C=O) groups excluding carboxylic acids is 2. The minimum Gasteiger partial charge on any atom is -0.312 e. The fraction of sp³-hybridized carbons (Fsp3) is 0.923. The molecule has 2 N–H and O–H groups in total. The second-order valence-electron chi connectivity index (χ2n) is 11.2. The van der Waals surface area contributed by atoms with Crippen LogP contribution in [0.3, 0.4) is 0 Å². The van der Waals surface area contributed by atoms with Gasteiger partial charge in [0.25, 0.3) is 0 Å². The molecule has 0 spiro atoms. The predicted molar refractivity (Wildman–Crippen MR) is 141 cm³/mol. The fourth-order valence-electron chi connectivity index (χ4n) is 1.70. The highest BCUT2D eigenvalue weighted by Crippen LogP contribution is 2.17. The molecular formula is C26H62N2O2. The van der Waals surface area contributed by atoms with Gasteiger partial charge in [-0.05, 0) is 54.5 Å². The highest BCUT2D eigenvalue weighted by atomic mass is 16.1. The summed E-state index contributed by atoms with van der Waals surface area (Å²) in [4.78, 5) is 23.0. The number of hydrogen-bond acceptors (Lipinski definition) is 4. The van der Waals surface area contributed by atoms with Gasteiger partial charge in [0.15, 0.2) is 5.78 Å². The number of carbonyl (C=O) groups is 2. The van der Waals surface area contributed by atoms with Gasteiger partial charge in [0.05, 0.1) is 6.54 Å². The predicted octanol–water partition coefficient (Wildman–Crippen LogP) is 7.30. The zero-order valence-electron chi connectivity index (χ0n) is 19.6. The maximum atomic E-state index is 11.6. The number of ketones is 2. The summed E-state index contributed by atoms with van der Waals surface area (Å²) in [6.45, 7) is 25.7. The van der Waals surface area contributed by atoms with Crippen molar-refractivity contribution in [2.24, 2.45) is 10.8 Å². The van der Waals surface area contributed by atoms with Crippen molar-refractivity contribution in [3.05, 3.63) is 0 Å². The Kier molecular flexibility index (Phi) is 24.3. The lowest BCUT2D eigenvalue weighted by Crippen LogP contribution is -2.42. The van der Waals surface area contributed by atoms with E-state index in [1.807, 2.05) is 41.5 Å². The number of rotatable bonds is 6. The Morgan fingerprint density at radius 3 is 1.17 bits per heavy atom. The lowest BCUT2D eigenvalue weighted by Gasteiger charge is -2.23. The van der Waals surface area contributed by atoms with E-state index >= 15 is 0 Å². The molecule has 0 aliphatic carbocycles. The third-order valence-corrected chi connectivity index (χ3v) is 3.69. The van der Waals surface area contributed by atoms with Crippen LogP contribution in [-0.4, -0.2) is 35.7 Å². The monoisotopic (exact) mass is 434 g/mol. The minimum atomic E-state index is -0.224. The first-order valence-electron chi connectivity index (χ1n) is 9.82. The van der Waals surface area contributed by atoms with Crippen LogP contribution in [0.2, 0.25) is 0 Å². The fourth-order valence-corrected chi connectivity index (χ4v) is 1.70. The van der Waals surface area contributed by atoms with Crippen molar-refractivity contribution in [1.29, 1.82) is 0 Å². The van der Waals surface area contributed by atoms with Crippen molar-refractivity contribution in [3.63, 3.8) is 0 Å². The number of nitrogens with one attached hydrogen (secondary N) is 2. The van der Waals surface area contributed by atoms with E-state index in [-0.39, 0.29) is 57.4 Å². The topological polar surface area (TPSA) is 58.2 Å². The molecule has 0 rings (SSSR count). The first kappa shape index (κ1) is 43.2. The van der Waals surface area contributed by atoms with Crippen molar-refractivity contribution in [1.82, 2.24) is 10.6 Å². The van der Waals surface area contributed by atoms with E-state index in [1.165, 1.54) is 0 Å². The molecule has 0 aromatic carbocycles. The Bertz CT molecular complexity index is 428. The van der Waals surface area contributed by atoms with E-state index < -0.39 is 0 Å². The van der Waals surface area contributed by atoms with Gasteiger partial charge in [0.1, 0.15) is 5.78 Å². The number of Topliss-reactive ketones (excluding diaryl/α,β-unsaturated/α-hetero) is 2. The Labute approximate surface area is 192 Å². The van der Waals surface area contributed by atoms with Gasteiger partial charge in [-0.15, -0.1) is 0 Å². The van der Waals surface area contributed by atoms with Gasteiger partial charge < -0.3 is 10.6 Å². The average Bonchev–Trinajstić information content (AvgIpc) is 2.37. The van der Waals surface area contributed by atoms with Crippen molar-refractivity contribution < 1.29 is 9.59 Å². The molecule has 0 radical (unpaired) electrons. The van der Waals surface area contributed by atoms with Gasteiger partial charge in [-0.2, -0.15) is 0 Å². The lowest BCUT2D eigenvalue weighted by atomic mass is 9.88. The second-order valence-corrected chi connectivity index (χ2v) is 11.2. The van der Waals surface area contributed by atoms with Crippen LogP contribution in [0.1, 0.15) is 126 Å². The molecule has 0 heterocycles. The SMILES string of the molecule is C.C.C.C.CC(C)(C)NCC(=O)C(C)(C)C.CC(C)(C)NCCCC(=O)C(C)(C)C. The van der Waals surface area contributed by atoms with Crippen LogP contribution in [-0.2, 0) is 9.59 Å². The van der Waals surface area contributed by atoms with Gasteiger partial charge in [0, 0.05) is 28.3 Å². The summed E-state index contributed by atoms with van der Waals surface area (Å²) < 4.78 is 0. The molecule has 0 saturated heterocycles. The van der Waals surface area contributed by atoms with Gasteiger partial charge in [-0.3, -0.25) is 9.59 Å². The first-order valence-corrected chi connectivity index (χ1v) is 9.82. The molecule has 0 unspecified atom stereocenters. The summed E-state index contributed by atoms with van der Waals surface area (Å²) in [7, 11) is 0. The van der Waals surface area contributed by atoms with E-state index in [9.17, 15) is 9.59 Å². The van der Waals surface area contributed by atoms with Crippen LogP contribution in [0.4, 0.5) is 0 Å². The zero-order valence-corrected chi connectivity index (χ0v) is 19.6. The van der Waals surface area contributed by atoms with Gasteiger partial charge >= 0.3 is 0 Å². The van der Waals surface area contributed by atoms with Crippen molar-refractivity contribution >= 4 is 11.6 Å². The quantitative estimate of drug-likeness (QED) is 0.430. The van der Waals surface area contributed by atoms with Crippen molar-refractivity contribution in [3.8, 4) is 0 Å². The van der Waals surface area contributed by atoms with E-state index in [0.29, 0.717) is 18.7 Å². The summed E-state index contributed by atoms with van der Waals surface area (Å²) in [5.74, 6) is 0.616. The molecular weight excluding hydrogens is 372 g/mol. The van der Waals surface area contributed by atoms with Crippen LogP contribution >= 0.6 is 0 Å². The Balaban J connectivity index is -0.0000000854. The van der Waals surface area contributed by atoms with Gasteiger partial charge in [-0.1, -0.05) is 71.2 Å². The Morgan fingerprint density at radius 2 is 0.900 bits per heavy atom. The van der Waals surface area contributed by atoms with Crippen molar-refractivity contribution in [2.45, 2.75) is 137 Å². The average molecular weight is 435 g/mol. The molecule has 4 heteroatoms. The maximum absolute atomic E-state index is 11.6. The molecule has 0 atom stereocenters. The molecule has 0 amide bonds. The van der Waals surface area contributed by atoms with Gasteiger partial charge in [-0.25, -0.2) is 0 Å². The van der Waals surface area contributed by atoms with E-state index in [2.05, 4.69) is 52.2 Å². The summed E-state index contributed by atoms with van der Waals surface area (Å²) >= 11 is 0. The number of hydrogen-bond donors (Lipinski definition) is 2. The Morgan fingerprint density at radius 1 is 0.567 bits per heavy atom. The van der Waals surface area contributed by atoms with Crippen LogP contribution in [0.25, 0.3) is 0 Å². The summed E-state index contributed by atoms with van der Waals surface area (Å²) in [6.07, 6.45) is 1.62. The Hall–Kier alpha value is -0.740. The zero-order chi connectivity index (χ0) is 21.4. The summed E-state index contributed by atoms with van der Waals surface area (Å²) in [5.41, 5.74) is -0.217. The van der Waals surface area contributed by atoms with E-state index in [1.54, 1.807) is 0 Å². The normalized spacial score (nSPS) is 11.3. The standard InChI is InChI=1S/C12H25NO.C10H21NO.4CH4/c1-11(2,3)10(14)8-7-9-13-12(4,5)6;1-9(2,3)8(12)7-11-10(4,5)6;;;;/h13H,7-9H2,1-6H3;11H,7H2,1-6H3;4*1H4. The molecule has 0 aliphatic rings. The summed E-state index contributed by atoms with van der Waals surface area (Å²) in [6, 6.07) is 0. The highest BCUT2D eigenvalue weighted by molar-refractivity contribution is 5.85. The molecule has 0 fully saturated rings. The van der Waals surface area contributed by atoms with E-state index in [4.69, 9.17) is 0 Å². The lowest BCUT2D eigenvalue weighted by molar-refractivity contribution is -0.126. The van der Waals surface area contributed by atoms with E-state index in [0.717, 1.165) is 13.0 Å². The minimum absolute atomic E-state index is 0. The maximum Gasteiger partial charge on any atom is 0.151 e. The highest BCUT2D eigenvalue weighted by Gasteiger charge is 2.22. The summed E-state index contributed by atoms with van der Waals surface area (Å²) in [5, 5.41) is 6.56. The largest absolute Gasteiger partial charge is 0.312 e. The van der Waals surface area contributed by atoms with Crippen molar-refractivity contribution in [2.75, 3.05) is 13.1 Å². The van der Waals surface area contributed by atoms with Crippen LogP contribution < -0.4 is 10.6 Å². The smallest absolute Gasteiger partial charge is 0.151 e. The molecule has 0 bridgehead atoms. The molecule has 0 aliphatic heterocycles. The van der Waals surface area contributed by atoms with Crippen LogP contribution in [0.5, 0.6) is 0 Å². The molecule has 30 heavy (non-hydrogen) atoms. The molecule has 188 valence electrons. The molecule has 0 aromatic rings. The molecule has 4 nitrogen and oxygen atoms in total. The molecule has 0 saturated carbocycles. The van der Waals surface area contributed by atoms with Gasteiger partial charge in [0.2, 0.25) is 0 Å². The second kappa shape index (κ2) is 16.9. The third-order valence-electron chi connectivity index (χ3n) is 3.69. The van der Waals surface area contributed by atoms with Crippen LogP contribution in [0, 0.1) is 10.8 Å².